The van der Waals surface area contributed by atoms with E-state index in [4.69, 9.17) is 4.74 Å². The first-order valence-electron chi connectivity index (χ1n) is 7.76. The third kappa shape index (κ3) is 5.26. The van der Waals surface area contributed by atoms with Gasteiger partial charge in [-0.2, -0.15) is 11.3 Å². The molecule has 0 aliphatic carbocycles. The number of aliphatic hydroxyl groups is 1. The fourth-order valence-electron chi connectivity index (χ4n) is 2.50. The number of likely N-dealkylation sites (tertiary alicyclic amines) is 1. The summed E-state index contributed by atoms with van der Waals surface area (Å²) in [5.41, 5.74) is 0.476. The molecule has 1 aromatic heterocycles. The van der Waals surface area contributed by atoms with Crippen molar-refractivity contribution in [2.45, 2.75) is 51.4 Å². The highest BCUT2D eigenvalue weighted by Crippen LogP contribution is 2.18. The van der Waals surface area contributed by atoms with Crippen LogP contribution in [0.25, 0.3) is 0 Å². The van der Waals surface area contributed by atoms with Crippen molar-refractivity contribution in [1.82, 2.24) is 10.2 Å². The largest absolute Gasteiger partial charge is 0.444 e. The number of nitrogens with one attached hydrogen (secondary N) is 1. The first-order valence-corrected chi connectivity index (χ1v) is 8.71. The van der Waals surface area contributed by atoms with Gasteiger partial charge in [0.25, 0.3) is 0 Å². The second kappa shape index (κ2) is 7.44. The van der Waals surface area contributed by atoms with E-state index in [1.807, 2.05) is 37.6 Å². The molecule has 2 heterocycles. The Morgan fingerprint density at radius 3 is 3.00 bits per heavy atom. The first kappa shape index (κ1) is 17.2. The SMILES string of the molecule is CC(C)(C)OC(=O)N1CCC[C@@H](NC[C@H](O)c2ccsc2)C1. The lowest BCUT2D eigenvalue weighted by Gasteiger charge is -2.34. The monoisotopic (exact) mass is 326 g/mol. The van der Waals surface area contributed by atoms with Crippen LogP contribution in [0.5, 0.6) is 0 Å². The van der Waals surface area contributed by atoms with E-state index >= 15 is 0 Å². The molecule has 2 N–H and O–H groups in total. The molecular weight excluding hydrogens is 300 g/mol. The lowest BCUT2D eigenvalue weighted by Crippen LogP contribution is -2.50. The zero-order valence-electron chi connectivity index (χ0n) is 13.5. The van der Waals surface area contributed by atoms with Gasteiger partial charge in [-0.3, -0.25) is 0 Å². The molecule has 1 aromatic rings. The molecule has 1 amide bonds. The third-order valence-electron chi connectivity index (χ3n) is 3.60. The van der Waals surface area contributed by atoms with Crippen molar-refractivity contribution in [2.75, 3.05) is 19.6 Å². The Labute approximate surface area is 136 Å². The first-order chi connectivity index (χ1) is 10.3. The van der Waals surface area contributed by atoms with Crippen LogP contribution in [-0.4, -0.2) is 47.4 Å². The van der Waals surface area contributed by atoms with Gasteiger partial charge in [0.2, 0.25) is 0 Å². The average molecular weight is 326 g/mol. The van der Waals surface area contributed by atoms with Gasteiger partial charge in [0.1, 0.15) is 5.60 Å². The molecule has 124 valence electrons. The van der Waals surface area contributed by atoms with Crippen LogP contribution in [0.1, 0.15) is 45.3 Å². The number of aliphatic hydroxyl groups excluding tert-OH is 1. The topological polar surface area (TPSA) is 61.8 Å². The van der Waals surface area contributed by atoms with Crippen molar-refractivity contribution in [3.63, 3.8) is 0 Å². The quantitative estimate of drug-likeness (QED) is 0.893. The molecule has 2 atom stereocenters. The van der Waals surface area contributed by atoms with E-state index in [1.54, 1.807) is 16.2 Å². The van der Waals surface area contributed by atoms with E-state index < -0.39 is 11.7 Å². The van der Waals surface area contributed by atoms with E-state index in [9.17, 15) is 9.90 Å². The number of hydrogen-bond donors (Lipinski definition) is 2. The van der Waals surface area contributed by atoms with Crippen LogP contribution in [-0.2, 0) is 4.74 Å². The Hall–Kier alpha value is -1.11. The molecule has 1 saturated heterocycles. The highest BCUT2D eigenvalue weighted by molar-refractivity contribution is 7.07. The fraction of sp³-hybridized carbons (Fsp3) is 0.688. The summed E-state index contributed by atoms with van der Waals surface area (Å²) in [5.74, 6) is 0. The van der Waals surface area contributed by atoms with Gasteiger partial charge >= 0.3 is 6.09 Å². The second-order valence-corrected chi connectivity index (χ2v) is 7.53. The molecule has 0 saturated carbocycles. The van der Waals surface area contributed by atoms with Crippen molar-refractivity contribution in [3.8, 4) is 0 Å². The number of ether oxygens (including phenoxy) is 1. The summed E-state index contributed by atoms with van der Waals surface area (Å²) in [6.45, 7) is 7.50. The molecule has 1 aliphatic heterocycles. The van der Waals surface area contributed by atoms with Crippen LogP contribution < -0.4 is 5.32 Å². The average Bonchev–Trinajstić information content (AvgIpc) is 2.97. The predicted octanol–water partition coefficient (Wildman–Crippen LogP) is 2.77. The number of piperidine rings is 1. The number of rotatable bonds is 4. The standard InChI is InChI=1S/C16H26N2O3S/c1-16(2,3)21-15(20)18-7-4-5-13(10-18)17-9-14(19)12-6-8-22-11-12/h6,8,11,13-14,17,19H,4-5,7,9-10H2,1-3H3/t13-,14+/m1/s1. The van der Waals surface area contributed by atoms with Crippen LogP contribution in [0, 0.1) is 0 Å². The van der Waals surface area contributed by atoms with Gasteiger partial charge in [-0.25, -0.2) is 4.79 Å². The van der Waals surface area contributed by atoms with Gasteiger partial charge in [0, 0.05) is 25.7 Å². The summed E-state index contributed by atoms with van der Waals surface area (Å²) in [5, 5.41) is 17.4. The highest BCUT2D eigenvalue weighted by Gasteiger charge is 2.27. The number of hydrogen-bond acceptors (Lipinski definition) is 5. The van der Waals surface area contributed by atoms with Gasteiger partial charge in [-0.1, -0.05) is 0 Å². The van der Waals surface area contributed by atoms with Crippen LogP contribution in [0.3, 0.4) is 0 Å². The highest BCUT2D eigenvalue weighted by atomic mass is 32.1. The molecule has 0 radical (unpaired) electrons. The smallest absolute Gasteiger partial charge is 0.410 e. The molecule has 5 nitrogen and oxygen atoms in total. The maximum absolute atomic E-state index is 12.1. The minimum absolute atomic E-state index is 0.203. The summed E-state index contributed by atoms with van der Waals surface area (Å²) < 4.78 is 5.42. The Bertz CT molecular complexity index is 470. The van der Waals surface area contributed by atoms with E-state index in [1.165, 1.54) is 0 Å². The molecule has 1 fully saturated rings. The Morgan fingerprint density at radius 1 is 1.59 bits per heavy atom. The molecule has 0 unspecified atom stereocenters. The summed E-state index contributed by atoms with van der Waals surface area (Å²) in [6, 6.07) is 2.14. The van der Waals surface area contributed by atoms with Gasteiger partial charge in [-0.05, 0) is 56.0 Å². The summed E-state index contributed by atoms with van der Waals surface area (Å²) in [4.78, 5) is 13.9. The van der Waals surface area contributed by atoms with Crippen molar-refractivity contribution >= 4 is 17.4 Å². The zero-order valence-corrected chi connectivity index (χ0v) is 14.4. The van der Waals surface area contributed by atoms with E-state index in [0.29, 0.717) is 13.1 Å². The van der Waals surface area contributed by atoms with Crippen LogP contribution >= 0.6 is 11.3 Å². The minimum Gasteiger partial charge on any atom is -0.444 e. The molecule has 1 aliphatic rings. The minimum atomic E-state index is -0.497. The molecule has 0 spiro atoms. The summed E-state index contributed by atoms with van der Waals surface area (Å²) in [6.07, 6.45) is 1.21. The van der Waals surface area contributed by atoms with Crippen LogP contribution in [0.4, 0.5) is 4.79 Å². The molecule has 22 heavy (non-hydrogen) atoms. The van der Waals surface area contributed by atoms with Gasteiger partial charge in [0.15, 0.2) is 0 Å². The number of carbonyl (C=O) groups excluding carboxylic acids is 1. The Morgan fingerprint density at radius 2 is 2.36 bits per heavy atom. The number of nitrogens with zero attached hydrogens (tertiary/aromatic N) is 1. The molecular formula is C16H26N2O3S. The molecule has 6 heteroatoms. The molecule has 0 aromatic carbocycles. The Kier molecular flexibility index (Phi) is 5.83. The zero-order chi connectivity index (χ0) is 16.2. The summed E-state index contributed by atoms with van der Waals surface area (Å²) in [7, 11) is 0. The predicted molar refractivity (Wildman–Crippen MR) is 88.1 cm³/mol. The van der Waals surface area contributed by atoms with Gasteiger partial charge in [-0.15, -0.1) is 0 Å². The Balaban J connectivity index is 1.79. The maximum Gasteiger partial charge on any atom is 0.410 e. The normalized spacial score (nSPS) is 20.7. The lowest BCUT2D eigenvalue weighted by atomic mass is 10.1. The van der Waals surface area contributed by atoms with E-state index in [0.717, 1.165) is 24.9 Å². The second-order valence-electron chi connectivity index (χ2n) is 6.75. The van der Waals surface area contributed by atoms with Gasteiger partial charge in [0.05, 0.1) is 6.10 Å². The van der Waals surface area contributed by atoms with Crippen LogP contribution in [0.2, 0.25) is 0 Å². The van der Waals surface area contributed by atoms with Crippen molar-refractivity contribution in [2.24, 2.45) is 0 Å². The van der Waals surface area contributed by atoms with Crippen molar-refractivity contribution < 1.29 is 14.6 Å². The maximum atomic E-state index is 12.1. The van der Waals surface area contributed by atoms with E-state index in [2.05, 4.69) is 5.32 Å². The van der Waals surface area contributed by atoms with E-state index in [-0.39, 0.29) is 12.1 Å². The van der Waals surface area contributed by atoms with Crippen molar-refractivity contribution in [3.05, 3.63) is 22.4 Å². The molecule has 0 bridgehead atoms. The fourth-order valence-corrected chi connectivity index (χ4v) is 3.20. The van der Waals surface area contributed by atoms with Crippen molar-refractivity contribution in [1.29, 1.82) is 0 Å². The van der Waals surface area contributed by atoms with Crippen LogP contribution in [0.15, 0.2) is 16.8 Å². The lowest BCUT2D eigenvalue weighted by molar-refractivity contribution is 0.0183. The summed E-state index contributed by atoms with van der Waals surface area (Å²) >= 11 is 1.58. The number of amides is 1. The molecule has 2 rings (SSSR count). The number of thiophene rings is 1. The third-order valence-corrected chi connectivity index (χ3v) is 4.30. The van der Waals surface area contributed by atoms with Gasteiger partial charge < -0.3 is 20.1 Å². The number of carbonyl (C=O) groups is 1.